The maximum atomic E-state index is 13.0. The average molecular weight is 486 g/mol. The summed E-state index contributed by atoms with van der Waals surface area (Å²) in [5, 5.41) is 0. The molecule has 1 heterocycles. The molecule has 1 saturated heterocycles. The van der Waals surface area contributed by atoms with Gasteiger partial charge in [0.25, 0.3) is 0 Å². The Kier molecular flexibility index (Phi) is 7.43. The van der Waals surface area contributed by atoms with Gasteiger partial charge in [0.2, 0.25) is 15.9 Å². The number of hydrogen-bond donors (Lipinski definition) is 0. The molecule has 0 bridgehead atoms. The van der Waals surface area contributed by atoms with E-state index in [2.05, 4.69) is 4.74 Å². The van der Waals surface area contributed by atoms with Gasteiger partial charge in [-0.05, 0) is 54.8 Å². The lowest BCUT2D eigenvalue weighted by Gasteiger charge is -2.28. The van der Waals surface area contributed by atoms with Gasteiger partial charge in [0.05, 0.1) is 4.90 Å². The van der Waals surface area contributed by atoms with Crippen LogP contribution in [0.2, 0.25) is 0 Å². The van der Waals surface area contributed by atoms with E-state index >= 15 is 0 Å². The van der Waals surface area contributed by atoms with Crippen molar-refractivity contribution in [2.75, 3.05) is 20.1 Å². The molecule has 0 aromatic heterocycles. The minimum absolute atomic E-state index is 0.139. The summed E-state index contributed by atoms with van der Waals surface area (Å²) in [5.74, 6) is -1.11. The van der Waals surface area contributed by atoms with Gasteiger partial charge in [-0.3, -0.25) is 4.79 Å². The van der Waals surface area contributed by atoms with Crippen LogP contribution in [0, 0.1) is 5.82 Å². The van der Waals surface area contributed by atoms with Gasteiger partial charge >= 0.3 is 6.36 Å². The number of benzene rings is 2. The van der Waals surface area contributed by atoms with Crippen molar-refractivity contribution in [1.82, 2.24) is 9.21 Å². The second kappa shape index (κ2) is 9.92. The van der Waals surface area contributed by atoms with E-state index in [1.807, 2.05) is 0 Å². The van der Waals surface area contributed by atoms with Gasteiger partial charge in [-0.1, -0.05) is 17.7 Å². The van der Waals surface area contributed by atoms with Crippen LogP contribution < -0.4 is 4.74 Å². The second-order valence-electron chi connectivity index (χ2n) is 7.55. The highest BCUT2D eigenvalue weighted by atomic mass is 32.2. The van der Waals surface area contributed by atoms with E-state index in [1.54, 1.807) is 19.2 Å². The molecule has 6 nitrogen and oxygen atoms in total. The summed E-state index contributed by atoms with van der Waals surface area (Å²) < 4.78 is 80.4. The first-order valence-electron chi connectivity index (χ1n) is 9.99. The maximum absolute atomic E-state index is 13.0. The zero-order chi connectivity index (χ0) is 24.2. The molecule has 2 aromatic carbocycles. The van der Waals surface area contributed by atoms with Gasteiger partial charge < -0.3 is 9.64 Å². The lowest BCUT2D eigenvalue weighted by atomic mass is 10.1. The van der Waals surface area contributed by atoms with Crippen molar-refractivity contribution in [1.29, 1.82) is 0 Å². The number of alkyl halides is 3. The Morgan fingerprint density at radius 2 is 1.64 bits per heavy atom. The number of sulfonamides is 1. The number of ether oxygens (including phenoxy) is 1. The molecule has 0 unspecified atom stereocenters. The summed E-state index contributed by atoms with van der Waals surface area (Å²) >= 11 is 0. The van der Waals surface area contributed by atoms with Crippen LogP contribution in [0.3, 0.4) is 0 Å². The molecule has 3 rings (SSSR count). The summed E-state index contributed by atoms with van der Waals surface area (Å²) in [4.78, 5) is 13.8. The lowest BCUT2D eigenvalue weighted by molar-refractivity contribution is -0.274. The molecule has 0 radical (unpaired) electrons. The van der Waals surface area contributed by atoms with E-state index in [0.717, 1.165) is 35.4 Å². The van der Waals surface area contributed by atoms with Gasteiger partial charge in [0.1, 0.15) is 11.6 Å². The van der Waals surface area contributed by atoms with E-state index in [9.17, 15) is 30.8 Å². The second-order valence-corrected chi connectivity index (χ2v) is 9.48. The molecule has 33 heavy (non-hydrogen) atoms. The number of nitrogens with zero attached hydrogens (tertiary/aromatic N) is 2. The molecule has 178 valence electrons. The number of rotatable bonds is 6. The van der Waals surface area contributed by atoms with Crippen molar-refractivity contribution < 1.29 is 35.5 Å². The van der Waals surface area contributed by atoms with E-state index in [4.69, 9.17) is 0 Å². The summed E-state index contributed by atoms with van der Waals surface area (Å²) in [5.41, 5.74) is 1.57. The van der Waals surface area contributed by atoms with Crippen LogP contribution in [0.4, 0.5) is 17.6 Å². The fourth-order valence-electron chi connectivity index (χ4n) is 3.35. The summed E-state index contributed by atoms with van der Waals surface area (Å²) in [6, 6.07) is 9.86. The van der Waals surface area contributed by atoms with Gasteiger partial charge in [0.15, 0.2) is 0 Å². The van der Waals surface area contributed by atoms with Crippen LogP contribution in [0.5, 0.6) is 5.75 Å². The number of carbonyl (C=O) groups excluding carboxylic acids is 1. The largest absolute Gasteiger partial charge is 0.573 e. The van der Waals surface area contributed by atoms with Crippen molar-refractivity contribution in [3.8, 4) is 5.75 Å². The normalized spacial score (nSPS) is 15.2. The number of amides is 1. The number of likely N-dealkylation sites (N-methyl/N-ethyl adjacent to an activating group) is 1. The average Bonchev–Trinajstić information content (AvgIpc) is 2.75. The lowest BCUT2D eigenvalue weighted by Crippen LogP contribution is -2.36. The number of piperidine rings is 1. The smallest absolute Gasteiger partial charge is 0.406 e. The highest BCUT2D eigenvalue weighted by molar-refractivity contribution is 7.89. The standard InChI is InChI=1S/C22H22F4N2O4S/c1-27(15-17-2-4-18(23)5-3-17)21(29)14-16-10-12-28(13-11-16)33(30,31)20-8-6-19(7-9-20)32-22(24,25)26/h2-9,14H,10-13,15H2,1H3. The summed E-state index contributed by atoms with van der Waals surface area (Å²) in [6.45, 7) is 0.589. The third kappa shape index (κ3) is 6.78. The molecule has 1 amide bonds. The first kappa shape index (κ1) is 24.7. The molecular formula is C22H22F4N2O4S. The number of hydrogen-bond acceptors (Lipinski definition) is 4. The van der Waals surface area contributed by atoms with Crippen molar-refractivity contribution in [2.24, 2.45) is 0 Å². The van der Waals surface area contributed by atoms with Crippen LogP contribution in [0.15, 0.2) is 65.1 Å². The molecule has 1 fully saturated rings. The van der Waals surface area contributed by atoms with Crippen molar-refractivity contribution in [2.45, 2.75) is 30.6 Å². The van der Waals surface area contributed by atoms with Crippen LogP contribution in [-0.2, 0) is 21.4 Å². The van der Waals surface area contributed by atoms with Crippen molar-refractivity contribution >= 4 is 15.9 Å². The SMILES string of the molecule is CN(Cc1ccc(F)cc1)C(=O)C=C1CCN(S(=O)(=O)c2ccc(OC(F)(F)F)cc2)CC1. The molecule has 0 saturated carbocycles. The van der Waals surface area contributed by atoms with E-state index in [0.29, 0.717) is 19.4 Å². The Balaban J connectivity index is 1.58. The molecule has 0 aliphatic carbocycles. The monoisotopic (exact) mass is 486 g/mol. The van der Waals surface area contributed by atoms with Crippen LogP contribution in [0.1, 0.15) is 18.4 Å². The van der Waals surface area contributed by atoms with Crippen molar-refractivity contribution in [3.05, 3.63) is 71.6 Å². The number of carbonyl (C=O) groups is 1. The first-order chi connectivity index (χ1) is 15.4. The summed E-state index contributed by atoms with van der Waals surface area (Å²) in [6.07, 6.45) is -2.67. The van der Waals surface area contributed by atoms with Gasteiger partial charge in [-0.25, -0.2) is 12.8 Å². The molecular weight excluding hydrogens is 464 g/mol. The predicted molar refractivity (Wildman–Crippen MR) is 112 cm³/mol. The topological polar surface area (TPSA) is 66.9 Å². The zero-order valence-corrected chi connectivity index (χ0v) is 18.5. The maximum Gasteiger partial charge on any atom is 0.573 e. The highest BCUT2D eigenvalue weighted by Crippen LogP contribution is 2.27. The fourth-order valence-corrected chi connectivity index (χ4v) is 4.79. The first-order valence-corrected chi connectivity index (χ1v) is 11.4. The minimum atomic E-state index is -4.86. The van der Waals surface area contributed by atoms with Crippen LogP contribution >= 0.6 is 0 Å². The van der Waals surface area contributed by atoms with Gasteiger partial charge in [-0.15, -0.1) is 13.2 Å². The Bertz CT molecular complexity index is 1100. The minimum Gasteiger partial charge on any atom is -0.406 e. The Labute approximate surface area is 189 Å². The fraction of sp³-hybridized carbons (Fsp3) is 0.318. The third-order valence-electron chi connectivity index (χ3n) is 5.10. The Morgan fingerprint density at radius 1 is 1.06 bits per heavy atom. The van der Waals surface area contributed by atoms with E-state index in [-0.39, 0.29) is 29.7 Å². The van der Waals surface area contributed by atoms with Crippen LogP contribution in [0.25, 0.3) is 0 Å². The quantitative estimate of drug-likeness (QED) is 0.456. The summed E-state index contributed by atoms with van der Waals surface area (Å²) in [7, 11) is -2.27. The molecule has 11 heteroatoms. The molecule has 0 atom stereocenters. The zero-order valence-electron chi connectivity index (χ0n) is 17.7. The predicted octanol–water partition coefficient (Wildman–Crippen LogP) is 4.09. The number of halogens is 4. The van der Waals surface area contributed by atoms with E-state index in [1.165, 1.54) is 27.4 Å². The van der Waals surface area contributed by atoms with Crippen molar-refractivity contribution in [3.63, 3.8) is 0 Å². The Morgan fingerprint density at radius 3 is 2.18 bits per heavy atom. The molecule has 0 N–H and O–H groups in total. The molecule has 1 aliphatic rings. The Hall–Kier alpha value is -2.92. The molecule has 0 spiro atoms. The molecule has 2 aromatic rings. The third-order valence-corrected chi connectivity index (χ3v) is 7.01. The van der Waals surface area contributed by atoms with Gasteiger partial charge in [-0.2, -0.15) is 4.31 Å². The van der Waals surface area contributed by atoms with Gasteiger partial charge in [0, 0.05) is 32.8 Å². The highest BCUT2D eigenvalue weighted by Gasteiger charge is 2.32. The molecule has 1 aliphatic heterocycles. The van der Waals surface area contributed by atoms with Crippen LogP contribution in [-0.4, -0.2) is 50.0 Å². The van der Waals surface area contributed by atoms with E-state index < -0.39 is 22.1 Å².